The van der Waals surface area contributed by atoms with Gasteiger partial charge in [0, 0.05) is 22.5 Å². The summed E-state index contributed by atoms with van der Waals surface area (Å²) in [5.74, 6) is 0. The number of rotatable bonds is 4. The molecule has 84 valence electrons. The lowest BCUT2D eigenvalue weighted by Gasteiger charge is -2.06. The van der Waals surface area contributed by atoms with Crippen LogP contribution in [0, 0.1) is 6.92 Å². The van der Waals surface area contributed by atoms with Gasteiger partial charge in [-0.15, -0.1) is 23.1 Å². The number of nitrogens with one attached hydrogen (secondary N) is 1. The summed E-state index contributed by atoms with van der Waals surface area (Å²) in [4.78, 5) is 1.32. The van der Waals surface area contributed by atoms with E-state index in [2.05, 4.69) is 53.5 Å². The van der Waals surface area contributed by atoms with E-state index < -0.39 is 0 Å². The summed E-state index contributed by atoms with van der Waals surface area (Å²) >= 11 is 3.52. The molecule has 1 aromatic heterocycles. The summed E-state index contributed by atoms with van der Waals surface area (Å²) in [7, 11) is 0. The van der Waals surface area contributed by atoms with Crippen LogP contribution in [0.4, 0.5) is 5.69 Å². The summed E-state index contributed by atoms with van der Waals surface area (Å²) < 4.78 is 0. The van der Waals surface area contributed by atoms with Gasteiger partial charge in [-0.25, -0.2) is 0 Å². The molecule has 1 aromatic carbocycles. The molecule has 1 N–H and O–H groups in total. The predicted octanol–water partition coefficient (Wildman–Crippen LogP) is 4.39. The van der Waals surface area contributed by atoms with Gasteiger partial charge in [-0.3, -0.25) is 0 Å². The number of thiophene rings is 1. The Bertz CT molecular complexity index is 445. The van der Waals surface area contributed by atoms with Crippen molar-refractivity contribution in [1.82, 2.24) is 0 Å². The van der Waals surface area contributed by atoms with Gasteiger partial charge < -0.3 is 5.32 Å². The second-order valence-electron chi connectivity index (χ2n) is 3.67. The maximum atomic E-state index is 3.45. The summed E-state index contributed by atoms with van der Waals surface area (Å²) in [5, 5.41) is 7.77. The molecule has 0 aliphatic carbocycles. The highest BCUT2D eigenvalue weighted by Crippen LogP contribution is 2.20. The van der Waals surface area contributed by atoms with Gasteiger partial charge >= 0.3 is 0 Å². The Labute approximate surface area is 105 Å². The van der Waals surface area contributed by atoms with E-state index in [4.69, 9.17) is 0 Å². The molecule has 0 bridgehead atoms. The minimum Gasteiger partial charge on any atom is -0.380 e. The van der Waals surface area contributed by atoms with Crippen molar-refractivity contribution >= 4 is 28.8 Å². The van der Waals surface area contributed by atoms with Crippen molar-refractivity contribution in [3.05, 3.63) is 46.2 Å². The molecule has 0 spiro atoms. The van der Waals surface area contributed by atoms with Crippen molar-refractivity contribution in [2.24, 2.45) is 0 Å². The van der Waals surface area contributed by atoms with Crippen LogP contribution >= 0.6 is 23.1 Å². The summed E-state index contributed by atoms with van der Waals surface area (Å²) in [6, 6.07) is 8.70. The maximum absolute atomic E-state index is 3.45. The van der Waals surface area contributed by atoms with Crippen LogP contribution in [-0.2, 0) is 6.54 Å². The molecule has 2 rings (SSSR count). The average molecular weight is 249 g/mol. The standard InChI is InChI=1S/C13H15NS2/c1-10-8-16-9-13(10)14-7-11-3-5-12(15-2)6-4-11/h3-6,8-9,14H,7H2,1-2H3. The van der Waals surface area contributed by atoms with Crippen LogP contribution in [0.5, 0.6) is 0 Å². The Hall–Kier alpha value is -0.930. The smallest absolute Gasteiger partial charge is 0.0481 e. The van der Waals surface area contributed by atoms with E-state index in [1.807, 2.05) is 0 Å². The summed E-state index contributed by atoms with van der Waals surface area (Å²) in [5.41, 5.74) is 3.90. The lowest BCUT2D eigenvalue weighted by molar-refractivity contribution is 1.14. The largest absolute Gasteiger partial charge is 0.380 e. The van der Waals surface area contributed by atoms with E-state index in [0.717, 1.165) is 6.54 Å². The van der Waals surface area contributed by atoms with Crippen molar-refractivity contribution in [1.29, 1.82) is 0 Å². The van der Waals surface area contributed by atoms with Crippen LogP contribution in [0.1, 0.15) is 11.1 Å². The fraction of sp³-hybridized carbons (Fsp3) is 0.231. The number of hydrogen-bond acceptors (Lipinski definition) is 3. The number of aryl methyl sites for hydroxylation is 1. The van der Waals surface area contributed by atoms with E-state index in [-0.39, 0.29) is 0 Å². The summed E-state index contributed by atoms with van der Waals surface area (Å²) in [6.45, 7) is 3.03. The van der Waals surface area contributed by atoms with Crippen molar-refractivity contribution in [2.75, 3.05) is 11.6 Å². The molecule has 1 heterocycles. The normalized spacial score (nSPS) is 10.4. The lowest BCUT2D eigenvalue weighted by atomic mass is 10.2. The van der Waals surface area contributed by atoms with Gasteiger partial charge in [-0.2, -0.15) is 0 Å². The molecule has 2 aromatic rings. The monoisotopic (exact) mass is 249 g/mol. The van der Waals surface area contributed by atoms with Crippen LogP contribution in [0.15, 0.2) is 39.9 Å². The Morgan fingerprint density at radius 3 is 2.50 bits per heavy atom. The fourth-order valence-electron chi connectivity index (χ4n) is 1.48. The summed E-state index contributed by atoms with van der Waals surface area (Å²) in [6.07, 6.45) is 2.10. The second-order valence-corrected chi connectivity index (χ2v) is 5.29. The minimum atomic E-state index is 0.895. The Morgan fingerprint density at radius 1 is 1.19 bits per heavy atom. The number of anilines is 1. The van der Waals surface area contributed by atoms with E-state index in [1.165, 1.54) is 21.7 Å². The quantitative estimate of drug-likeness (QED) is 0.806. The molecular weight excluding hydrogens is 234 g/mol. The third-order valence-corrected chi connectivity index (χ3v) is 4.10. The molecule has 0 aliphatic heterocycles. The molecule has 3 heteroatoms. The zero-order valence-corrected chi connectivity index (χ0v) is 11.1. The minimum absolute atomic E-state index is 0.895. The Morgan fingerprint density at radius 2 is 1.94 bits per heavy atom. The average Bonchev–Trinajstić information content (AvgIpc) is 2.73. The molecule has 0 unspecified atom stereocenters. The first-order valence-electron chi connectivity index (χ1n) is 5.19. The van der Waals surface area contributed by atoms with E-state index in [0.29, 0.717) is 0 Å². The van der Waals surface area contributed by atoms with Crippen molar-refractivity contribution in [3.8, 4) is 0 Å². The van der Waals surface area contributed by atoms with Crippen LogP contribution in [0.2, 0.25) is 0 Å². The van der Waals surface area contributed by atoms with E-state index in [9.17, 15) is 0 Å². The fourth-order valence-corrected chi connectivity index (χ4v) is 2.70. The molecule has 0 amide bonds. The Kier molecular flexibility index (Phi) is 3.91. The molecule has 0 fully saturated rings. The lowest BCUT2D eigenvalue weighted by Crippen LogP contribution is -1.98. The first-order valence-corrected chi connectivity index (χ1v) is 7.36. The van der Waals surface area contributed by atoms with Gasteiger partial charge in [0.05, 0.1) is 0 Å². The molecule has 0 saturated carbocycles. The van der Waals surface area contributed by atoms with Gasteiger partial charge in [0.15, 0.2) is 0 Å². The zero-order valence-electron chi connectivity index (χ0n) is 9.49. The number of hydrogen-bond donors (Lipinski definition) is 1. The number of benzene rings is 1. The highest BCUT2D eigenvalue weighted by atomic mass is 32.2. The van der Waals surface area contributed by atoms with Crippen LogP contribution < -0.4 is 5.32 Å². The van der Waals surface area contributed by atoms with Gasteiger partial charge in [-0.05, 0) is 41.8 Å². The van der Waals surface area contributed by atoms with Gasteiger partial charge in [-0.1, -0.05) is 12.1 Å². The van der Waals surface area contributed by atoms with Crippen LogP contribution in [0.3, 0.4) is 0 Å². The molecule has 0 atom stereocenters. The van der Waals surface area contributed by atoms with Crippen molar-refractivity contribution in [2.45, 2.75) is 18.4 Å². The highest BCUT2D eigenvalue weighted by Gasteiger charge is 1.98. The SMILES string of the molecule is CSc1ccc(CNc2cscc2C)cc1. The molecular formula is C13H15NS2. The highest BCUT2D eigenvalue weighted by molar-refractivity contribution is 7.98. The first-order chi connectivity index (χ1) is 7.79. The Balaban J connectivity index is 1.97. The first kappa shape index (κ1) is 11.6. The molecule has 1 nitrogen and oxygen atoms in total. The van der Waals surface area contributed by atoms with Gasteiger partial charge in [0.2, 0.25) is 0 Å². The van der Waals surface area contributed by atoms with Crippen LogP contribution in [-0.4, -0.2) is 6.26 Å². The molecule has 0 saturated heterocycles. The zero-order chi connectivity index (χ0) is 11.4. The molecule has 0 aliphatic rings. The van der Waals surface area contributed by atoms with Crippen LogP contribution in [0.25, 0.3) is 0 Å². The third-order valence-electron chi connectivity index (χ3n) is 2.50. The topological polar surface area (TPSA) is 12.0 Å². The van der Waals surface area contributed by atoms with Gasteiger partial charge in [0.1, 0.15) is 0 Å². The molecule has 16 heavy (non-hydrogen) atoms. The number of thioether (sulfide) groups is 1. The van der Waals surface area contributed by atoms with Gasteiger partial charge in [0.25, 0.3) is 0 Å². The van der Waals surface area contributed by atoms with Crippen molar-refractivity contribution in [3.63, 3.8) is 0 Å². The molecule has 0 radical (unpaired) electrons. The van der Waals surface area contributed by atoms with Crippen molar-refractivity contribution < 1.29 is 0 Å². The second kappa shape index (κ2) is 5.41. The van der Waals surface area contributed by atoms with E-state index in [1.54, 1.807) is 23.1 Å². The third kappa shape index (κ3) is 2.80. The van der Waals surface area contributed by atoms with E-state index >= 15 is 0 Å². The maximum Gasteiger partial charge on any atom is 0.0481 e. The predicted molar refractivity (Wildman–Crippen MR) is 74.6 cm³/mol.